The first kappa shape index (κ1) is 12.2. The summed E-state index contributed by atoms with van der Waals surface area (Å²) in [5.74, 6) is -0.884. The minimum atomic E-state index is -0.611. The minimum absolute atomic E-state index is 0. The van der Waals surface area contributed by atoms with E-state index in [0.717, 1.165) is 0 Å². The van der Waals surface area contributed by atoms with Crippen LogP contribution in [0.1, 0.15) is 23.1 Å². The molecule has 0 saturated carbocycles. The van der Waals surface area contributed by atoms with Gasteiger partial charge in [0.1, 0.15) is 0 Å². The van der Waals surface area contributed by atoms with Crippen LogP contribution < -0.4 is 5.73 Å². The van der Waals surface area contributed by atoms with Gasteiger partial charge in [0.2, 0.25) is 0 Å². The van der Waals surface area contributed by atoms with Gasteiger partial charge in [-0.15, -0.1) is 6.07 Å². The molecular weight excluding hydrogens is 343 g/mol. The molecule has 0 aliphatic rings. The molecular formula is C8H8FN2OW-. The molecule has 70 valence electrons. The van der Waals surface area contributed by atoms with Crippen LogP contribution in [-0.4, -0.2) is 10.8 Å². The second-order valence-electron chi connectivity index (χ2n) is 2.45. The molecule has 1 rings (SSSR count). The van der Waals surface area contributed by atoms with Crippen molar-refractivity contribution < 1.29 is 30.3 Å². The van der Waals surface area contributed by atoms with Gasteiger partial charge in [0.25, 0.3) is 0 Å². The molecule has 1 heterocycles. The van der Waals surface area contributed by atoms with Gasteiger partial charge in [-0.05, 0) is 25.2 Å². The van der Waals surface area contributed by atoms with E-state index in [-0.39, 0.29) is 43.9 Å². The van der Waals surface area contributed by atoms with Crippen LogP contribution in [0.2, 0.25) is 0 Å². The van der Waals surface area contributed by atoms with E-state index < -0.39 is 5.82 Å². The molecule has 0 unspecified atom stereocenters. The van der Waals surface area contributed by atoms with E-state index >= 15 is 0 Å². The summed E-state index contributed by atoms with van der Waals surface area (Å²) in [7, 11) is 0. The fourth-order valence-electron chi connectivity index (χ4n) is 0.789. The Balaban J connectivity index is 0.00000144. The van der Waals surface area contributed by atoms with Crippen molar-refractivity contribution >= 4 is 11.5 Å². The largest absolute Gasteiger partial charge is 0.417 e. The van der Waals surface area contributed by atoms with Gasteiger partial charge in [-0.3, -0.25) is 9.37 Å². The molecule has 1 aromatic heterocycles. The second kappa shape index (κ2) is 4.47. The number of nitrogen functional groups attached to an aromatic ring is 1. The average molecular weight is 351 g/mol. The van der Waals surface area contributed by atoms with Crippen molar-refractivity contribution in [1.82, 2.24) is 4.98 Å². The number of pyridine rings is 1. The normalized spacial score (nSPS) is 9.15. The van der Waals surface area contributed by atoms with Crippen LogP contribution in [0.4, 0.5) is 10.1 Å². The quantitative estimate of drug-likeness (QED) is 0.609. The van der Waals surface area contributed by atoms with Crippen molar-refractivity contribution in [2.45, 2.75) is 13.8 Å². The monoisotopic (exact) mass is 351 g/mol. The maximum absolute atomic E-state index is 12.8. The molecule has 1 aromatic rings. The van der Waals surface area contributed by atoms with Gasteiger partial charge in [-0.1, -0.05) is 0 Å². The maximum atomic E-state index is 12.8. The fraction of sp³-hybridized carbons (Fsp3) is 0.250. The zero-order valence-corrected chi connectivity index (χ0v) is 10.2. The summed E-state index contributed by atoms with van der Waals surface area (Å²) >= 11 is 0. The van der Waals surface area contributed by atoms with Gasteiger partial charge < -0.3 is 10.5 Å². The Morgan fingerprint density at radius 3 is 2.54 bits per heavy atom. The van der Waals surface area contributed by atoms with Crippen molar-refractivity contribution in [1.29, 1.82) is 0 Å². The van der Waals surface area contributed by atoms with Crippen molar-refractivity contribution in [2.24, 2.45) is 0 Å². The molecule has 0 atom stereocenters. The molecule has 3 nitrogen and oxygen atoms in total. The molecule has 0 fully saturated rings. The third kappa shape index (κ3) is 2.59. The summed E-state index contributed by atoms with van der Waals surface area (Å²) in [5.41, 5.74) is 5.27. The van der Waals surface area contributed by atoms with Gasteiger partial charge >= 0.3 is 0 Å². The van der Waals surface area contributed by atoms with Crippen LogP contribution in [0.3, 0.4) is 0 Å². The number of carbonyl (C=O) groups excluding carboxylic acids is 1. The fourth-order valence-corrected chi connectivity index (χ4v) is 0.789. The third-order valence-electron chi connectivity index (χ3n) is 1.42. The van der Waals surface area contributed by atoms with E-state index in [1.165, 1.54) is 13.8 Å². The number of ketones is 1. The number of nitrogens with two attached hydrogens (primary N) is 1. The van der Waals surface area contributed by atoms with Gasteiger partial charge in [0.05, 0.1) is 11.6 Å². The molecule has 0 bridgehead atoms. The van der Waals surface area contributed by atoms with E-state index in [2.05, 4.69) is 11.1 Å². The predicted octanol–water partition coefficient (Wildman–Crippen LogP) is 1.11. The third-order valence-corrected chi connectivity index (χ3v) is 1.42. The summed E-state index contributed by atoms with van der Waals surface area (Å²) in [6.45, 7) is 2.78. The van der Waals surface area contributed by atoms with Gasteiger partial charge in [0.15, 0.2) is 0 Å². The Morgan fingerprint density at radius 2 is 2.15 bits per heavy atom. The van der Waals surface area contributed by atoms with Crippen LogP contribution in [0.15, 0.2) is 0 Å². The Kier molecular flexibility index (Phi) is 4.21. The first-order chi connectivity index (χ1) is 5.52. The number of Topliss-reactive ketones (excluding diaryl/α,β-unsaturated/α-hetero) is 1. The van der Waals surface area contributed by atoms with Crippen LogP contribution in [0.25, 0.3) is 0 Å². The average Bonchev–Trinajstić information content (AvgIpc) is 1.99. The minimum Gasteiger partial charge on any atom is -0.417 e. The Hall–Kier alpha value is -0.762. The number of nitrogens with zero attached hydrogens (tertiary/aromatic N) is 1. The van der Waals surface area contributed by atoms with E-state index in [9.17, 15) is 9.18 Å². The number of hydrogen-bond donors (Lipinski definition) is 1. The first-order valence-corrected chi connectivity index (χ1v) is 3.38. The number of rotatable bonds is 1. The van der Waals surface area contributed by atoms with E-state index in [0.29, 0.717) is 0 Å². The number of hydrogen-bond acceptors (Lipinski definition) is 3. The summed E-state index contributed by atoms with van der Waals surface area (Å²) in [4.78, 5) is 14.5. The molecule has 5 heteroatoms. The summed E-state index contributed by atoms with van der Waals surface area (Å²) in [6, 6.07) is 2.36. The topological polar surface area (TPSA) is 56.0 Å². The van der Waals surface area contributed by atoms with Gasteiger partial charge in [-0.2, -0.15) is 0 Å². The first-order valence-electron chi connectivity index (χ1n) is 3.38. The number of carbonyl (C=O) groups is 1. The Bertz CT molecular complexity index is 318. The number of anilines is 1. The molecule has 0 aliphatic carbocycles. The molecule has 0 aliphatic heterocycles. The Morgan fingerprint density at radius 1 is 1.62 bits per heavy atom. The molecule has 0 amide bonds. The van der Waals surface area contributed by atoms with Crippen molar-refractivity contribution in [3.63, 3.8) is 0 Å². The second-order valence-corrected chi connectivity index (χ2v) is 2.45. The van der Waals surface area contributed by atoms with Crippen LogP contribution in [0, 0.1) is 18.8 Å². The van der Waals surface area contributed by atoms with Crippen LogP contribution in [-0.2, 0) is 21.1 Å². The molecule has 13 heavy (non-hydrogen) atoms. The molecule has 0 spiro atoms. The Labute approximate surface area is 89.8 Å². The number of aromatic nitrogens is 1. The van der Waals surface area contributed by atoms with Crippen LogP contribution >= 0.6 is 0 Å². The molecule has 0 saturated heterocycles. The number of aryl methyl sites for hydroxylation is 1. The van der Waals surface area contributed by atoms with Crippen molar-refractivity contribution in [3.05, 3.63) is 23.3 Å². The zero-order valence-electron chi connectivity index (χ0n) is 7.22. The van der Waals surface area contributed by atoms with E-state index in [1.54, 1.807) is 0 Å². The van der Waals surface area contributed by atoms with Crippen molar-refractivity contribution in [2.75, 3.05) is 5.73 Å². The molecule has 0 radical (unpaired) electrons. The van der Waals surface area contributed by atoms with E-state index in [4.69, 9.17) is 5.73 Å². The SMILES string of the molecule is CC(=O)c1[c-]c(N)c(F)c(C)n1.[W]. The molecule has 2 N–H and O–H groups in total. The number of halogens is 1. The summed E-state index contributed by atoms with van der Waals surface area (Å²) in [5, 5.41) is 0. The molecule has 0 aromatic carbocycles. The zero-order chi connectivity index (χ0) is 9.30. The standard InChI is InChI=1S/C8H8FN2O.W/c1-4-8(9)6(10)3-7(11-4)5(2)12;/h1-2H3,(H2,10,11);/q-1;. The van der Waals surface area contributed by atoms with E-state index in [1.807, 2.05) is 0 Å². The smallest absolute Gasteiger partial charge is 0.0762 e. The predicted molar refractivity (Wildman–Crippen MR) is 42.2 cm³/mol. The summed E-state index contributed by atoms with van der Waals surface area (Å²) < 4.78 is 12.8. The maximum Gasteiger partial charge on any atom is 0.0762 e. The summed E-state index contributed by atoms with van der Waals surface area (Å²) in [6.07, 6.45) is 0. The van der Waals surface area contributed by atoms with Gasteiger partial charge in [-0.25, -0.2) is 0 Å². The van der Waals surface area contributed by atoms with Gasteiger partial charge in [0, 0.05) is 26.8 Å². The van der Waals surface area contributed by atoms with Crippen LogP contribution in [0.5, 0.6) is 0 Å². The van der Waals surface area contributed by atoms with Crippen molar-refractivity contribution in [3.8, 4) is 0 Å².